The molecule has 0 aromatic rings. The Balaban J connectivity index is 1.92. The van der Waals surface area contributed by atoms with Crippen LogP contribution in [-0.4, -0.2) is 11.6 Å². The number of rotatable bonds is 4. The third kappa shape index (κ3) is 3.48. The molecule has 0 radical (unpaired) electrons. The summed E-state index contributed by atoms with van der Waals surface area (Å²) in [6.45, 7) is 2.28. The zero-order valence-electron chi connectivity index (χ0n) is 11.9. The van der Waals surface area contributed by atoms with Gasteiger partial charge in [-0.05, 0) is 38.0 Å². The second-order valence-electron chi connectivity index (χ2n) is 6.41. The Hall–Kier alpha value is -0.550. The Kier molecular flexibility index (Phi) is 5.06. The molecule has 2 saturated carbocycles. The molecule has 2 heteroatoms. The quantitative estimate of drug-likeness (QED) is 0.758. The van der Waals surface area contributed by atoms with E-state index in [1.165, 1.54) is 57.8 Å². The van der Waals surface area contributed by atoms with Crippen molar-refractivity contribution >= 4 is 0 Å². The number of hydrogen-bond donors (Lipinski definition) is 1. The van der Waals surface area contributed by atoms with Crippen molar-refractivity contribution in [1.82, 2.24) is 5.32 Å². The van der Waals surface area contributed by atoms with Crippen molar-refractivity contribution in [1.29, 1.82) is 5.26 Å². The summed E-state index contributed by atoms with van der Waals surface area (Å²) >= 11 is 0. The molecule has 0 amide bonds. The molecule has 2 fully saturated rings. The maximum Gasteiger partial charge on any atom is 0.106 e. The second-order valence-corrected chi connectivity index (χ2v) is 6.41. The first-order valence-corrected chi connectivity index (χ1v) is 7.97. The molecule has 0 heterocycles. The Bertz CT molecular complexity index is 288. The Morgan fingerprint density at radius 3 is 2.56 bits per heavy atom. The molecule has 2 rings (SSSR count). The summed E-state index contributed by atoms with van der Waals surface area (Å²) in [5.41, 5.74) is -0.197. The molecule has 1 N–H and O–H groups in total. The molecule has 0 aromatic heterocycles. The van der Waals surface area contributed by atoms with Crippen LogP contribution in [0.15, 0.2) is 0 Å². The van der Waals surface area contributed by atoms with E-state index in [2.05, 4.69) is 18.3 Å². The summed E-state index contributed by atoms with van der Waals surface area (Å²) < 4.78 is 0. The highest BCUT2D eigenvalue weighted by Crippen LogP contribution is 2.34. The number of hydrogen-bond acceptors (Lipinski definition) is 2. The van der Waals surface area contributed by atoms with Gasteiger partial charge in [0.15, 0.2) is 0 Å². The van der Waals surface area contributed by atoms with Gasteiger partial charge in [0.05, 0.1) is 6.07 Å². The van der Waals surface area contributed by atoms with Crippen molar-refractivity contribution in [2.75, 3.05) is 0 Å². The fourth-order valence-corrected chi connectivity index (χ4v) is 3.86. The maximum absolute atomic E-state index is 9.63. The lowest BCUT2D eigenvalue weighted by molar-refractivity contribution is 0.313. The van der Waals surface area contributed by atoms with Gasteiger partial charge < -0.3 is 0 Å². The van der Waals surface area contributed by atoms with Crippen LogP contribution in [-0.2, 0) is 0 Å². The van der Waals surface area contributed by atoms with Crippen LogP contribution in [0.2, 0.25) is 0 Å². The molecule has 2 nitrogen and oxygen atoms in total. The molecule has 0 aromatic carbocycles. The Labute approximate surface area is 112 Å². The van der Waals surface area contributed by atoms with Crippen molar-refractivity contribution in [3.8, 4) is 6.07 Å². The minimum absolute atomic E-state index is 0.197. The zero-order valence-corrected chi connectivity index (χ0v) is 11.9. The summed E-state index contributed by atoms with van der Waals surface area (Å²) in [5, 5.41) is 13.4. The fraction of sp³-hybridized carbons (Fsp3) is 0.938. The van der Waals surface area contributed by atoms with Gasteiger partial charge in [-0.25, -0.2) is 0 Å². The monoisotopic (exact) mass is 248 g/mol. The highest BCUT2D eigenvalue weighted by molar-refractivity contribution is 5.09. The first-order valence-electron chi connectivity index (χ1n) is 7.97. The lowest BCUT2D eigenvalue weighted by Crippen LogP contribution is -2.48. The molecule has 102 valence electrons. The molecular formula is C16H28N2. The van der Waals surface area contributed by atoms with Gasteiger partial charge in [0.25, 0.3) is 0 Å². The van der Waals surface area contributed by atoms with E-state index in [1.54, 1.807) is 0 Å². The minimum atomic E-state index is -0.197. The molecule has 0 spiro atoms. The second kappa shape index (κ2) is 6.57. The van der Waals surface area contributed by atoms with Gasteiger partial charge in [0.2, 0.25) is 0 Å². The molecular weight excluding hydrogens is 220 g/mol. The van der Waals surface area contributed by atoms with Crippen LogP contribution in [0.3, 0.4) is 0 Å². The lowest BCUT2D eigenvalue weighted by Gasteiger charge is -2.30. The van der Waals surface area contributed by atoms with Gasteiger partial charge in [-0.2, -0.15) is 5.26 Å². The molecule has 0 saturated heterocycles. The van der Waals surface area contributed by atoms with Crippen molar-refractivity contribution in [2.45, 2.75) is 89.1 Å². The van der Waals surface area contributed by atoms with E-state index in [1.807, 2.05) is 0 Å². The SMILES string of the molecule is CCCC1CCCC(C#N)(NC2CCCC2)CC1. The van der Waals surface area contributed by atoms with Gasteiger partial charge in [0, 0.05) is 6.04 Å². The van der Waals surface area contributed by atoms with Crippen LogP contribution in [0.25, 0.3) is 0 Å². The summed E-state index contributed by atoms with van der Waals surface area (Å²) in [4.78, 5) is 0. The van der Waals surface area contributed by atoms with Crippen LogP contribution in [0.1, 0.15) is 77.6 Å². The van der Waals surface area contributed by atoms with Crippen molar-refractivity contribution in [3.63, 3.8) is 0 Å². The molecule has 0 bridgehead atoms. The third-order valence-electron chi connectivity index (χ3n) is 4.94. The predicted molar refractivity (Wildman–Crippen MR) is 75.2 cm³/mol. The van der Waals surface area contributed by atoms with E-state index in [9.17, 15) is 5.26 Å². The molecule has 0 aliphatic heterocycles. The molecule has 2 unspecified atom stereocenters. The lowest BCUT2D eigenvalue weighted by atomic mass is 9.89. The van der Waals surface area contributed by atoms with Crippen molar-refractivity contribution in [3.05, 3.63) is 0 Å². The van der Waals surface area contributed by atoms with Gasteiger partial charge in [-0.15, -0.1) is 0 Å². The van der Waals surface area contributed by atoms with Crippen molar-refractivity contribution < 1.29 is 0 Å². The average molecular weight is 248 g/mol. The van der Waals surface area contributed by atoms with Gasteiger partial charge in [-0.3, -0.25) is 5.32 Å². The summed E-state index contributed by atoms with van der Waals surface area (Å²) in [7, 11) is 0. The Morgan fingerprint density at radius 1 is 1.11 bits per heavy atom. The molecule has 2 aliphatic rings. The number of nitrogens with one attached hydrogen (secondary N) is 1. The summed E-state index contributed by atoms with van der Waals surface area (Å²) in [6.07, 6.45) is 13.9. The molecule has 2 aliphatic carbocycles. The smallest absolute Gasteiger partial charge is 0.106 e. The minimum Gasteiger partial charge on any atom is -0.297 e. The van der Waals surface area contributed by atoms with Gasteiger partial charge in [0.1, 0.15) is 5.54 Å². The van der Waals surface area contributed by atoms with Crippen LogP contribution in [0.5, 0.6) is 0 Å². The molecule has 18 heavy (non-hydrogen) atoms. The third-order valence-corrected chi connectivity index (χ3v) is 4.94. The first kappa shape index (κ1) is 13.9. The van der Waals surface area contributed by atoms with Crippen LogP contribution in [0, 0.1) is 17.2 Å². The van der Waals surface area contributed by atoms with E-state index >= 15 is 0 Å². The van der Waals surface area contributed by atoms with Crippen LogP contribution >= 0.6 is 0 Å². The predicted octanol–water partition coefficient (Wildman–Crippen LogP) is 4.16. The Morgan fingerprint density at radius 2 is 1.89 bits per heavy atom. The van der Waals surface area contributed by atoms with Gasteiger partial charge in [-0.1, -0.05) is 45.4 Å². The normalized spacial score (nSPS) is 34.1. The number of nitrogens with zero attached hydrogens (tertiary/aromatic N) is 1. The van der Waals surface area contributed by atoms with Crippen molar-refractivity contribution in [2.24, 2.45) is 5.92 Å². The summed E-state index contributed by atoms with van der Waals surface area (Å²) in [6, 6.07) is 3.25. The van der Waals surface area contributed by atoms with E-state index in [0.29, 0.717) is 6.04 Å². The summed E-state index contributed by atoms with van der Waals surface area (Å²) in [5.74, 6) is 0.871. The topological polar surface area (TPSA) is 35.8 Å². The van der Waals surface area contributed by atoms with Gasteiger partial charge >= 0.3 is 0 Å². The van der Waals surface area contributed by atoms with E-state index in [-0.39, 0.29) is 5.54 Å². The highest BCUT2D eigenvalue weighted by atomic mass is 15.0. The van der Waals surface area contributed by atoms with Crippen LogP contribution in [0.4, 0.5) is 0 Å². The zero-order chi connectivity index (χ0) is 12.8. The maximum atomic E-state index is 9.63. The first-order chi connectivity index (χ1) is 8.78. The standard InChI is InChI=1S/C16H28N2/c1-2-6-14-7-5-11-16(13-17,12-10-14)18-15-8-3-4-9-15/h14-15,18H,2-12H2,1H3. The van der Waals surface area contributed by atoms with E-state index in [4.69, 9.17) is 0 Å². The largest absolute Gasteiger partial charge is 0.297 e. The number of nitriles is 1. The highest BCUT2D eigenvalue weighted by Gasteiger charge is 2.35. The van der Waals surface area contributed by atoms with E-state index in [0.717, 1.165) is 18.8 Å². The van der Waals surface area contributed by atoms with Crippen LogP contribution < -0.4 is 5.32 Å². The molecule has 2 atom stereocenters. The fourth-order valence-electron chi connectivity index (χ4n) is 3.86. The average Bonchev–Trinajstić information content (AvgIpc) is 2.80. The van der Waals surface area contributed by atoms with E-state index < -0.39 is 0 Å².